The molecule has 3 aromatic rings. The molecule has 0 radical (unpaired) electrons. The number of dihydropyridines is 1. The molecule has 216 valence electrons. The van der Waals surface area contributed by atoms with Gasteiger partial charge in [0.1, 0.15) is 0 Å². The number of carbonyl (C=O) groups excluding carboxylic acids is 2. The second-order valence-corrected chi connectivity index (χ2v) is 10.3. The number of hydrogen-bond donors (Lipinski definition) is 1. The lowest BCUT2D eigenvalue weighted by Crippen LogP contribution is -2.33. The first-order chi connectivity index (χ1) is 19.5. The summed E-state index contributed by atoms with van der Waals surface area (Å²) in [6.07, 6.45) is 1.13. The molecular formula is C32H37N3O6. The van der Waals surface area contributed by atoms with Crippen LogP contribution in [0.25, 0.3) is 16.9 Å². The maximum atomic E-state index is 13.6. The third-order valence-electron chi connectivity index (χ3n) is 6.62. The molecule has 0 aliphatic carbocycles. The minimum atomic E-state index is -0.825. The van der Waals surface area contributed by atoms with Gasteiger partial charge in [0.05, 0.1) is 54.9 Å². The van der Waals surface area contributed by atoms with Crippen LogP contribution in [0.4, 0.5) is 0 Å². The fraction of sp³-hybridized carbons (Fsp3) is 0.344. The Kier molecular flexibility index (Phi) is 8.86. The number of allylic oxidation sites excluding steroid dienone is 2. The quantitative estimate of drug-likeness (QED) is 0.334. The van der Waals surface area contributed by atoms with E-state index in [9.17, 15) is 9.59 Å². The molecule has 1 aromatic heterocycles. The summed E-state index contributed by atoms with van der Waals surface area (Å²) in [5.74, 6) is -0.788. The number of aromatic nitrogens is 2. The smallest absolute Gasteiger partial charge is 0.337 e. The lowest BCUT2D eigenvalue weighted by atomic mass is 9.79. The number of rotatable bonds is 9. The highest BCUT2D eigenvalue weighted by Crippen LogP contribution is 2.44. The monoisotopic (exact) mass is 559 g/mol. The molecule has 41 heavy (non-hydrogen) atoms. The molecule has 1 aliphatic heterocycles. The van der Waals surface area contributed by atoms with Crippen LogP contribution in [-0.4, -0.2) is 48.1 Å². The van der Waals surface area contributed by atoms with Crippen molar-refractivity contribution >= 4 is 11.9 Å². The van der Waals surface area contributed by atoms with Crippen LogP contribution in [0.2, 0.25) is 0 Å². The molecule has 1 aliphatic rings. The Labute approximate surface area is 240 Å². The first-order valence-electron chi connectivity index (χ1n) is 13.5. The number of benzene rings is 2. The van der Waals surface area contributed by atoms with Crippen LogP contribution in [0, 0.1) is 0 Å². The van der Waals surface area contributed by atoms with E-state index in [1.165, 1.54) is 0 Å². The van der Waals surface area contributed by atoms with E-state index in [-0.39, 0.29) is 12.2 Å². The van der Waals surface area contributed by atoms with Gasteiger partial charge in [-0.1, -0.05) is 18.2 Å². The number of nitrogens with zero attached hydrogens (tertiary/aromatic N) is 2. The zero-order valence-corrected chi connectivity index (χ0v) is 24.8. The predicted molar refractivity (Wildman–Crippen MR) is 156 cm³/mol. The van der Waals surface area contributed by atoms with Crippen molar-refractivity contribution in [2.45, 2.75) is 59.7 Å². The Balaban J connectivity index is 2.03. The molecule has 2 heterocycles. The SMILES string of the molecule is COc1ccc(-c2nn(-c3ccccc3)cc2C2C(C(=O)OC(C)C)=C(C)NC(C)=C2C(=O)OC(C)C)cc1OC. The molecule has 9 heteroatoms. The van der Waals surface area contributed by atoms with E-state index in [0.29, 0.717) is 50.9 Å². The largest absolute Gasteiger partial charge is 0.493 e. The Morgan fingerprint density at radius 1 is 0.829 bits per heavy atom. The summed E-state index contributed by atoms with van der Waals surface area (Å²) in [4.78, 5) is 27.3. The van der Waals surface area contributed by atoms with Gasteiger partial charge in [-0.05, 0) is 71.9 Å². The van der Waals surface area contributed by atoms with Gasteiger partial charge in [-0.15, -0.1) is 0 Å². The molecule has 2 aromatic carbocycles. The Morgan fingerprint density at radius 2 is 1.39 bits per heavy atom. The molecule has 0 amide bonds. The van der Waals surface area contributed by atoms with E-state index in [0.717, 1.165) is 5.69 Å². The van der Waals surface area contributed by atoms with Crippen molar-refractivity contribution < 1.29 is 28.5 Å². The highest BCUT2D eigenvalue weighted by molar-refractivity contribution is 6.00. The zero-order chi connectivity index (χ0) is 29.8. The Morgan fingerprint density at radius 3 is 1.90 bits per heavy atom. The van der Waals surface area contributed by atoms with Gasteiger partial charge >= 0.3 is 11.9 Å². The topological polar surface area (TPSA) is 101 Å². The van der Waals surface area contributed by atoms with Gasteiger partial charge < -0.3 is 24.3 Å². The van der Waals surface area contributed by atoms with E-state index in [2.05, 4.69) is 5.32 Å². The van der Waals surface area contributed by atoms with E-state index in [4.69, 9.17) is 24.0 Å². The number of ether oxygens (including phenoxy) is 4. The number of carbonyl (C=O) groups is 2. The highest BCUT2D eigenvalue weighted by Gasteiger charge is 2.41. The van der Waals surface area contributed by atoms with E-state index >= 15 is 0 Å². The molecule has 1 N–H and O–H groups in total. The fourth-order valence-corrected chi connectivity index (χ4v) is 4.92. The van der Waals surface area contributed by atoms with Crippen molar-refractivity contribution in [3.63, 3.8) is 0 Å². The first-order valence-corrected chi connectivity index (χ1v) is 13.5. The van der Waals surface area contributed by atoms with E-state index in [1.54, 1.807) is 66.5 Å². The van der Waals surface area contributed by atoms with Crippen LogP contribution < -0.4 is 14.8 Å². The van der Waals surface area contributed by atoms with Gasteiger partial charge in [-0.3, -0.25) is 0 Å². The second-order valence-electron chi connectivity index (χ2n) is 10.3. The molecule has 0 unspecified atom stereocenters. The van der Waals surface area contributed by atoms with Crippen LogP contribution in [0.5, 0.6) is 11.5 Å². The van der Waals surface area contributed by atoms with Crippen LogP contribution >= 0.6 is 0 Å². The number of methoxy groups -OCH3 is 2. The van der Waals surface area contributed by atoms with Gasteiger partial charge in [0.2, 0.25) is 0 Å². The minimum absolute atomic E-state index is 0.314. The van der Waals surface area contributed by atoms with Gasteiger partial charge in [-0.2, -0.15) is 5.10 Å². The normalized spacial score (nSPS) is 13.9. The van der Waals surface area contributed by atoms with Crippen molar-refractivity contribution in [2.75, 3.05) is 14.2 Å². The standard InChI is InChI=1S/C32H37N3O6/c1-18(2)40-31(36)27-20(5)33-21(6)28(32(37)41-19(3)4)29(27)24-17-35(23-12-10-9-11-13-23)34-30(24)22-14-15-25(38-7)26(16-22)39-8/h9-19,29,33H,1-8H3. The van der Waals surface area contributed by atoms with Crippen LogP contribution in [0.1, 0.15) is 53.0 Å². The van der Waals surface area contributed by atoms with Gasteiger partial charge in [-0.25, -0.2) is 14.3 Å². The van der Waals surface area contributed by atoms with Crippen molar-refractivity contribution in [3.05, 3.63) is 82.8 Å². The molecule has 0 saturated carbocycles. The first kappa shape index (κ1) is 29.5. The summed E-state index contributed by atoms with van der Waals surface area (Å²) in [5, 5.41) is 8.18. The van der Waals surface area contributed by atoms with Crippen molar-refractivity contribution in [1.82, 2.24) is 15.1 Å². The molecule has 0 fully saturated rings. The average Bonchev–Trinajstić information content (AvgIpc) is 3.37. The molecule has 0 spiro atoms. The minimum Gasteiger partial charge on any atom is -0.493 e. The molecule has 0 bridgehead atoms. The lowest BCUT2D eigenvalue weighted by Gasteiger charge is -2.31. The van der Waals surface area contributed by atoms with E-state index in [1.807, 2.05) is 48.7 Å². The van der Waals surface area contributed by atoms with Crippen molar-refractivity contribution in [1.29, 1.82) is 0 Å². The molecule has 0 atom stereocenters. The number of para-hydroxylation sites is 1. The summed E-state index contributed by atoms with van der Waals surface area (Å²) in [5.41, 5.74) is 4.53. The van der Waals surface area contributed by atoms with Crippen molar-refractivity contribution in [3.8, 4) is 28.4 Å². The lowest BCUT2D eigenvalue weighted by molar-refractivity contribution is -0.143. The predicted octanol–water partition coefficient (Wildman–Crippen LogP) is 5.69. The molecule has 4 rings (SSSR count). The van der Waals surface area contributed by atoms with Crippen LogP contribution in [0.3, 0.4) is 0 Å². The summed E-state index contributed by atoms with van der Waals surface area (Å²) in [6.45, 7) is 10.8. The van der Waals surface area contributed by atoms with Crippen molar-refractivity contribution in [2.24, 2.45) is 0 Å². The van der Waals surface area contributed by atoms with Crippen LogP contribution in [-0.2, 0) is 19.1 Å². The highest BCUT2D eigenvalue weighted by atomic mass is 16.5. The van der Waals surface area contributed by atoms with Gasteiger partial charge in [0, 0.05) is 28.7 Å². The van der Waals surface area contributed by atoms with E-state index < -0.39 is 17.9 Å². The van der Waals surface area contributed by atoms with Crippen LogP contribution in [0.15, 0.2) is 77.3 Å². The third kappa shape index (κ3) is 6.14. The Bertz CT molecular complexity index is 1460. The summed E-state index contributed by atoms with van der Waals surface area (Å²) in [7, 11) is 3.14. The number of hydrogen-bond acceptors (Lipinski definition) is 8. The van der Waals surface area contributed by atoms with Gasteiger partial charge in [0.15, 0.2) is 11.5 Å². The average molecular weight is 560 g/mol. The molecule has 0 saturated heterocycles. The number of esters is 2. The molecule has 9 nitrogen and oxygen atoms in total. The second kappa shape index (κ2) is 12.3. The zero-order valence-electron chi connectivity index (χ0n) is 24.8. The maximum absolute atomic E-state index is 13.6. The third-order valence-corrected chi connectivity index (χ3v) is 6.62. The maximum Gasteiger partial charge on any atom is 0.337 e. The van der Waals surface area contributed by atoms with Gasteiger partial charge in [0.25, 0.3) is 0 Å². The summed E-state index contributed by atoms with van der Waals surface area (Å²) in [6, 6.07) is 15.1. The fourth-order valence-electron chi connectivity index (χ4n) is 4.92. The number of nitrogens with one attached hydrogen (secondary N) is 1. The Hall–Kier alpha value is -4.53. The summed E-state index contributed by atoms with van der Waals surface area (Å²) < 4.78 is 24.1. The molecular weight excluding hydrogens is 522 g/mol. The summed E-state index contributed by atoms with van der Waals surface area (Å²) >= 11 is 0.